The zero-order chi connectivity index (χ0) is 14.9. The molecule has 1 heterocycles. The SMILES string of the molecule is CCCNc1cncc(C(=O)NCCc2ccccc2)c1. The highest BCUT2D eigenvalue weighted by molar-refractivity contribution is 5.94. The number of hydrogen-bond acceptors (Lipinski definition) is 3. The van der Waals surface area contributed by atoms with Gasteiger partial charge in [0.2, 0.25) is 0 Å². The van der Waals surface area contributed by atoms with Crippen molar-refractivity contribution in [1.82, 2.24) is 10.3 Å². The van der Waals surface area contributed by atoms with Crippen molar-refractivity contribution < 1.29 is 4.79 Å². The lowest BCUT2D eigenvalue weighted by atomic mass is 10.1. The van der Waals surface area contributed by atoms with Gasteiger partial charge in [-0.15, -0.1) is 0 Å². The van der Waals surface area contributed by atoms with Gasteiger partial charge in [0.25, 0.3) is 5.91 Å². The van der Waals surface area contributed by atoms with E-state index in [4.69, 9.17) is 0 Å². The lowest BCUT2D eigenvalue weighted by molar-refractivity contribution is 0.0954. The van der Waals surface area contributed by atoms with E-state index in [0.29, 0.717) is 12.1 Å². The Hall–Kier alpha value is -2.36. The van der Waals surface area contributed by atoms with E-state index in [-0.39, 0.29) is 5.91 Å². The first-order chi connectivity index (χ1) is 10.3. The number of nitrogens with zero attached hydrogens (tertiary/aromatic N) is 1. The van der Waals surface area contributed by atoms with Gasteiger partial charge in [0.05, 0.1) is 11.3 Å². The summed E-state index contributed by atoms with van der Waals surface area (Å²) in [6.45, 7) is 3.59. The van der Waals surface area contributed by atoms with Crippen molar-refractivity contribution in [3.05, 3.63) is 59.9 Å². The summed E-state index contributed by atoms with van der Waals surface area (Å²) in [5.41, 5.74) is 2.69. The van der Waals surface area contributed by atoms with Crippen molar-refractivity contribution in [2.75, 3.05) is 18.4 Å². The molecule has 0 aliphatic rings. The molecule has 2 rings (SSSR count). The first-order valence-corrected chi connectivity index (χ1v) is 7.30. The number of hydrogen-bond donors (Lipinski definition) is 2. The summed E-state index contributed by atoms with van der Waals surface area (Å²) in [4.78, 5) is 16.2. The maximum atomic E-state index is 12.1. The van der Waals surface area contributed by atoms with Crippen LogP contribution in [0.1, 0.15) is 29.3 Å². The Morgan fingerprint density at radius 1 is 1.14 bits per heavy atom. The van der Waals surface area contributed by atoms with Crippen molar-refractivity contribution in [2.24, 2.45) is 0 Å². The second-order valence-electron chi connectivity index (χ2n) is 4.88. The molecule has 0 radical (unpaired) electrons. The average Bonchev–Trinajstić information content (AvgIpc) is 2.54. The van der Waals surface area contributed by atoms with Gasteiger partial charge in [-0.1, -0.05) is 37.3 Å². The van der Waals surface area contributed by atoms with Crippen molar-refractivity contribution in [1.29, 1.82) is 0 Å². The molecule has 0 aliphatic heterocycles. The van der Waals surface area contributed by atoms with Gasteiger partial charge >= 0.3 is 0 Å². The van der Waals surface area contributed by atoms with Crippen LogP contribution in [-0.2, 0) is 6.42 Å². The Labute approximate surface area is 125 Å². The van der Waals surface area contributed by atoms with Gasteiger partial charge in [-0.3, -0.25) is 9.78 Å². The normalized spacial score (nSPS) is 10.1. The molecule has 21 heavy (non-hydrogen) atoms. The summed E-state index contributed by atoms with van der Waals surface area (Å²) in [5.74, 6) is -0.0846. The van der Waals surface area contributed by atoms with Gasteiger partial charge in [0.1, 0.15) is 0 Å². The van der Waals surface area contributed by atoms with E-state index in [9.17, 15) is 4.79 Å². The van der Waals surface area contributed by atoms with E-state index in [2.05, 4.69) is 34.7 Å². The molecule has 0 aliphatic carbocycles. The summed E-state index contributed by atoms with van der Waals surface area (Å²) in [7, 11) is 0. The second-order valence-corrected chi connectivity index (χ2v) is 4.88. The van der Waals surface area contributed by atoms with E-state index < -0.39 is 0 Å². The fraction of sp³-hybridized carbons (Fsp3) is 0.294. The minimum absolute atomic E-state index is 0.0846. The molecular weight excluding hydrogens is 262 g/mol. The highest BCUT2D eigenvalue weighted by Crippen LogP contribution is 2.08. The molecule has 1 aromatic carbocycles. The van der Waals surface area contributed by atoms with Crippen LogP contribution in [-0.4, -0.2) is 24.0 Å². The number of amides is 1. The van der Waals surface area contributed by atoms with Crippen molar-refractivity contribution in [3.63, 3.8) is 0 Å². The molecule has 0 unspecified atom stereocenters. The molecule has 1 aromatic heterocycles. The molecule has 4 heteroatoms. The zero-order valence-electron chi connectivity index (χ0n) is 12.3. The Morgan fingerprint density at radius 2 is 1.95 bits per heavy atom. The number of carbonyl (C=O) groups is 1. The van der Waals surface area contributed by atoms with Crippen LogP contribution < -0.4 is 10.6 Å². The van der Waals surface area contributed by atoms with Crippen LogP contribution >= 0.6 is 0 Å². The van der Waals surface area contributed by atoms with Crippen LogP contribution in [0.3, 0.4) is 0 Å². The molecule has 2 N–H and O–H groups in total. The van der Waals surface area contributed by atoms with Crippen LogP contribution in [0.4, 0.5) is 5.69 Å². The molecule has 0 fully saturated rings. The van der Waals surface area contributed by atoms with Crippen molar-refractivity contribution >= 4 is 11.6 Å². The molecule has 1 amide bonds. The van der Waals surface area contributed by atoms with Crippen molar-refractivity contribution in [2.45, 2.75) is 19.8 Å². The highest BCUT2D eigenvalue weighted by Gasteiger charge is 2.06. The number of nitrogens with one attached hydrogen (secondary N) is 2. The number of carbonyl (C=O) groups excluding carboxylic acids is 1. The third-order valence-electron chi connectivity index (χ3n) is 3.12. The van der Waals surface area contributed by atoms with Crippen LogP contribution in [0.5, 0.6) is 0 Å². The third kappa shape index (κ3) is 4.91. The van der Waals surface area contributed by atoms with Crippen LogP contribution in [0.2, 0.25) is 0 Å². The van der Waals surface area contributed by atoms with Crippen LogP contribution in [0.25, 0.3) is 0 Å². The van der Waals surface area contributed by atoms with E-state index in [0.717, 1.165) is 25.1 Å². The second kappa shape index (κ2) is 8.04. The Balaban J connectivity index is 1.85. The Kier molecular flexibility index (Phi) is 5.76. The van der Waals surface area contributed by atoms with Crippen molar-refractivity contribution in [3.8, 4) is 0 Å². The van der Waals surface area contributed by atoms with Gasteiger partial charge < -0.3 is 10.6 Å². The largest absolute Gasteiger partial charge is 0.384 e. The Bertz CT molecular complexity index is 569. The quantitative estimate of drug-likeness (QED) is 0.821. The molecule has 0 saturated heterocycles. The standard InChI is InChI=1S/C17H21N3O/c1-2-9-19-16-11-15(12-18-13-16)17(21)20-10-8-14-6-4-3-5-7-14/h3-7,11-13,19H,2,8-10H2,1H3,(H,20,21). The fourth-order valence-corrected chi connectivity index (χ4v) is 2.00. The maximum absolute atomic E-state index is 12.1. The van der Waals surface area contributed by atoms with Gasteiger partial charge in [0.15, 0.2) is 0 Å². The average molecular weight is 283 g/mol. The molecule has 0 spiro atoms. The third-order valence-corrected chi connectivity index (χ3v) is 3.12. The molecule has 110 valence electrons. The lowest BCUT2D eigenvalue weighted by Gasteiger charge is -2.08. The van der Waals surface area contributed by atoms with E-state index in [1.54, 1.807) is 12.4 Å². The smallest absolute Gasteiger partial charge is 0.252 e. The zero-order valence-corrected chi connectivity index (χ0v) is 12.3. The van der Waals surface area contributed by atoms with Gasteiger partial charge in [-0.05, 0) is 24.5 Å². The van der Waals surface area contributed by atoms with Crippen LogP contribution in [0.15, 0.2) is 48.8 Å². The summed E-state index contributed by atoms with van der Waals surface area (Å²) in [6, 6.07) is 11.9. The summed E-state index contributed by atoms with van der Waals surface area (Å²) in [5, 5.41) is 6.15. The summed E-state index contributed by atoms with van der Waals surface area (Å²) in [6.07, 6.45) is 5.19. The van der Waals surface area contributed by atoms with E-state index in [1.807, 2.05) is 24.3 Å². The summed E-state index contributed by atoms with van der Waals surface area (Å²) < 4.78 is 0. The minimum Gasteiger partial charge on any atom is -0.384 e. The topological polar surface area (TPSA) is 54.0 Å². The summed E-state index contributed by atoms with van der Waals surface area (Å²) >= 11 is 0. The van der Waals surface area contributed by atoms with E-state index >= 15 is 0 Å². The minimum atomic E-state index is -0.0846. The number of pyridine rings is 1. The number of benzene rings is 1. The predicted octanol–water partition coefficient (Wildman–Crippen LogP) is 2.88. The molecule has 0 atom stereocenters. The van der Waals surface area contributed by atoms with Gasteiger partial charge in [-0.2, -0.15) is 0 Å². The lowest BCUT2D eigenvalue weighted by Crippen LogP contribution is -2.25. The maximum Gasteiger partial charge on any atom is 0.252 e. The molecule has 0 bridgehead atoms. The van der Waals surface area contributed by atoms with E-state index in [1.165, 1.54) is 5.56 Å². The van der Waals surface area contributed by atoms with Crippen LogP contribution in [0, 0.1) is 0 Å². The number of rotatable bonds is 7. The number of aromatic nitrogens is 1. The highest BCUT2D eigenvalue weighted by atomic mass is 16.1. The Morgan fingerprint density at radius 3 is 2.71 bits per heavy atom. The molecule has 0 saturated carbocycles. The first kappa shape index (κ1) is 15.0. The molecule has 4 nitrogen and oxygen atoms in total. The fourth-order valence-electron chi connectivity index (χ4n) is 2.00. The van der Waals surface area contributed by atoms with Gasteiger partial charge in [0, 0.05) is 25.5 Å². The first-order valence-electron chi connectivity index (χ1n) is 7.30. The predicted molar refractivity (Wildman–Crippen MR) is 85.5 cm³/mol. The number of anilines is 1. The molecular formula is C17H21N3O. The molecule has 2 aromatic rings. The monoisotopic (exact) mass is 283 g/mol. The van der Waals surface area contributed by atoms with Gasteiger partial charge in [-0.25, -0.2) is 0 Å².